The third kappa shape index (κ3) is 5.16. The van der Waals surface area contributed by atoms with Crippen molar-refractivity contribution in [3.8, 4) is 6.07 Å². The van der Waals surface area contributed by atoms with Gasteiger partial charge in [-0.1, -0.05) is 25.4 Å². The number of nitrogens with zero attached hydrogens (tertiary/aromatic N) is 3. The van der Waals surface area contributed by atoms with Crippen LogP contribution < -0.4 is 0 Å². The second-order valence-electron chi connectivity index (χ2n) is 5.07. The maximum absolute atomic E-state index is 11.0. The minimum atomic E-state index is -0.399. The van der Waals surface area contributed by atoms with Gasteiger partial charge in [0, 0.05) is 42.7 Å². The van der Waals surface area contributed by atoms with Gasteiger partial charge in [0.15, 0.2) is 0 Å². The zero-order valence-electron chi connectivity index (χ0n) is 11.7. The molecule has 0 aliphatic rings. The molecule has 0 amide bonds. The molecule has 0 aliphatic carbocycles. The van der Waals surface area contributed by atoms with Crippen LogP contribution in [0, 0.1) is 27.4 Å². The highest BCUT2D eigenvalue weighted by Gasteiger charge is 2.17. The summed E-state index contributed by atoms with van der Waals surface area (Å²) in [6.45, 7) is 5.96. The van der Waals surface area contributed by atoms with Gasteiger partial charge in [-0.25, -0.2) is 0 Å². The first kappa shape index (κ1) is 16.4. The van der Waals surface area contributed by atoms with E-state index in [0.29, 0.717) is 36.0 Å². The van der Waals surface area contributed by atoms with Crippen molar-refractivity contribution < 1.29 is 4.92 Å². The normalized spacial score (nSPS) is 10.8. The number of nitro benzene ring substituents is 1. The SMILES string of the molecule is CC(C)CN(CCC#N)Cc1cc(Cl)ccc1[N+](=O)[O-]. The van der Waals surface area contributed by atoms with E-state index in [-0.39, 0.29) is 5.69 Å². The number of nitriles is 1. The summed E-state index contributed by atoms with van der Waals surface area (Å²) in [5.74, 6) is 0.423. The molecule has 0 aromatic heterocycles. The molecule has 5 nitrogen and oxygen atoms in total. The van der Waals surface area contributed by atoms with E-state index in [1.807, 2.05) is 4.90 Å². The fourth-order valence-electron chi connectivity index (χ4n) is 2.06. The number of rotatable bonds is 7. The first-order chi connectivity index (χ1) is 9.43. The molecular formula is C14H18ClN3O2. The van der Waals surface area contributed by atoms with E-state index in [0.717, 1.165) is 6.54 Å². The van der Waals surface area contributed by atoms with Gasteiger partial charge in [0.2, 0.25) is 0 Å². The molecule has 0 saturated carbocycles. The molecule has 0 atom stereocenters. The van der Waals surface area contributed by atoms with Crippen LogP contribution in [0.4, 0.5) is 5.69 Å². The Bertz CT molecular complexity index is 512. The molecule has 0 bridgehead atoms. The fourth-order valence-corrected chi connectivity index (χ4v) is 2.25. The lowest BCUT2D eigenvalue weighted by atomic mass is 10.1. The van der Waals surface area contributed by atoms with Gasteiger partial charge in [-0.3, -0.25) is 15.0 Å². The average molecular weight is 296 g/mol. The highest BCUT2D eigenvalue weighted by molar-refractivity contribution is 6.30. The van der Waals surface area contributed by atoms with E-state index in [9.17, 15) is 10.1 Å². The van der Waals surface area contributed by atoms with Crippen molar-refractivity contribution >= 4 is 17.3 Å². The Balaban J connectivity index is 2.94. The third-order valence-corrected chi connectivity index (χ3v) is 3.03. The van der Waals surface area contributed by atoms with Crippen molar-refractivity contribution in [2.75, 3.05) is 13.1 Å². The van der Waals surface area contributed by atoms with Crippen molar-refractivity contribution in [2.45, 2.75) is 26.8 Å². The topological polar surface area (TPSA) is 70.2 Å². The third-order valence-electron chi connectivity index (χ3n) is 2.80. The smallest absolute Gasteiger partial charge is 0.273 e. The summed E-state index contributed by atoms with van der Waals surface area (Å²) in [5, 5.41) is 20.2. The van der Waals surface area contributed by atoms with Crippen molar-refractivity contribution in [1.29, 1.82) is 5.26 Å². The highest BCUT2D eigenvalue weighted by atomic mass is 35.5. The Kier molecular flexibility index (Phi) is 6.43. The molecule has 0 saturated heterocycles. The predicted octanol–water partition coefficient (Wildman–Crippen LogP) is 3.62. The summed E-state index contributed by atoms with van der Waals surface area (Å²) in [6, 6.07) is 6.67. The van der Waals surface area contributed by atoms with Crippen LogP contribution in [-0.2, 0) is 6.54 Å². The van der Waals surface area contributed by atoms with Crippen LogP contribution in [0.1, 0.15) is 25.8 Å². The Morgan fingerprint density at radius 1 is 1.50 bits per heavy atom. The molecule has 1 aromatic rings. The molecule has 0 radical (unpaired) electrons. The Hall–Kier alpha value is -1.64. The zero-order valence-corrected chi connectivity index (χ0v) is 12.4. The lowest BCUT2D eigenvalue weighted by Crippen LogP contribution is -2.28. The molecule has 6 heteroatoms. The van der Waals surface area contributed by atoms with E-state index in [2.05, 4.69) is 19.9 Å². The number of halogens is 1. The van der Waals surface area contributed by atoms with Gasteiger partial charge in [-0.05, 0) is 18.1 Å². The van der Waals surface area contributed by atoms with Crippen LogP contribution in [0.15, 0.2) is 18.2 Å². The van der Waals surface area contributed by atoms with Crippen LogP contribution >= 0.6 is 11.6 Å². The summed E-state index contributed by atoms with van der Waals surface area (Å²) in [6.07, 6.45) is 0.404. The van der Waals surface area contributed by atoms with Gasteiger partial charge < -0.3 is 0 Å². The molecule has 0 spiro atoms. The Labute approximate surface area is 123 Å². The summed E-state index contributed by atoms with van der Waals surface area (Å²) in [5.41, 5.74) is 0.654. The second kappa shape index (κ2) is 7.83. The van der Waals surface area contributed by atoms with Gasteiger partial charge in [0.05, 0.1) is 11.0 Å². The van der Waals surface area contributed by atoms with Crippen molar-refractivity contribution in [2.24, 2.45) is 5.92 Å². The van der Waals surface area contributed by atoms with E-state index in [1.165, 1.54) is 12.1 Å². The van der Waals surface area contributed by atoms with Crippen molar-refractivity contribution in [1.82, 2.24) is 4.90 Å². The molecule has 0 unspecified atom stereocenters. The number of benzene rings is 1. The zero-order chi connectivity index (χ0) is 15.1. The largest absolute Gasteiger partial charge is 0.298 e. The maximum atomic E-state index is 11.0. The predicted molar refractivity (Wildman–Crippen MR) is 78.5 cm³/mol. The Morgan fingerprint density at radius 3 is 2.75 bits per heavy atom. The maximum Gasteiger partial charge on any atom is 0.273 e. The minimum Gasteiger partial charge on any atom is -0.298 e. The van der Waals surface area contributed by atoms with Crippen molar-refractivity contribution in [3.05, 3.63) is 38.9 Å². The van der Waals surface area contributed by atoms with Crippen molar-refractivity contribution in [3.63, 3.8) is 0 Å². The van der Waals surface area contributed by atoms with E-state index < -0.39 is 4.92 Å². The highest BCUT2D eigenvalue weighted by Crippen LogP contribution is 2.24. The van der Waals surface area contributed by atoms with E-state index in [4.69, 9.17) is 16.9 Å². The molecular weight excluding hydrogens is 278 g/mol. The van der Waals surface area contributed by atoms with E-state index >= 15 is 0 Å². The lowest BCUT2D eigenvalue weighted by molar-refractivity contribution is -0.385. The summed E-state index contributed by atoms with van der Waals surface area (Å²) >= 11 is 5.92. The molecule has 20 heavy (non-hydrogen) atoms. The number of hydrogen-bond donors (Lipinski definition) is 0. The van der Waals surface area contributed by atoms with Crippen LogP contribution in [0.25, 0.3) is 0 Å². The number of nitro groups is 1. The Morgan fingerprint density at radius 2 is 2.20 bits per heavy atom. The number of hydrogen-bond acceptors (Lipinski definition) is 4. The fraction of sp³-hybridized carbons (Fsp3) is 0.500. The first-order valence-electron chi connectivity index (χ1n) is 6.46. The molecule has 0 aliphatic heterocycles. The summed E-state index contributed by atoms with van der Waals surface area (Å²) in [4.78, 5) is 12.7. The second-order valence-corrected chi connectivity index (χ2v) is 5.50. The molecule has 0 heterocycles. The molecule has 108 valence electrons. The van der Waals surface area contributed by atoms with Gasteiger partial charge in [0.25, 0.3) is 5.69 Å². The quantitative estimate of drug-likeness (QED) is 0.569. The van der Waals surface area contributed by atoms with Crippen LogP contribution in [0.2, 0.25) is 5.02 Å². The van der Waals surface area contributed by atoms with Crippen LogP contribution in [0.5, 0.6) is 0 Å². The standard InChI is InChI=1S/C14H18ClN3O2/c1-11(2)9-17(7-3-6-16)10-12-8-13(15)4-5-14(12)18(19)20/h4-5,8,11H,3,7,9-10H2,1-2H3. The van der Waals surface area contributed by atoms with Crippen LogP contribution in [0.3, 0.4) is 0 Å². The monoisotopic (exact) mass is 295 g/mol. The molecule has 1 rings (SSSR count). The van der Waals surface area contributed by atoms with Gasteiger partial charge >= 0.3 is 0 Å². The molecule has 1 aromatic carbocycles. The van der Waals surface area contributed by atoms with Gasteiger partial charge in [-0.2, -0.15) is 5.26 Å². The minimum absolute atomic E-state index is 0.0695. The van der Waals surface area contributed by atoms with Gasteiger partial charge in [-0.15, -0.1) is 0 Å². The summed E-state index contributed by atoms with van der Waals surface area (Å²) < 4.78 is 0. The van der Waals surface area contributed by atoms with Crippen LogP contribution in [-0.4, -0.2) is 22.9 Å². The first-order valence-corrected chi connectivity index (χ1v) is 6.84. The van der Waals surface area contributed by atoms with Gasteiger partial charge in [0.1, 0.15) is 0 Å². The molecule has 0 N–H and O–H groups in total. The van der Waals surface area contributed by atoms with E-state index in [1.54, 1.807) is 6.07 Å². The average Bonchev–Trinajstić information content (AvgIpc) is 2.35. The molecule has 0 fully saturated rings. The summed E-state index contributed by atoms with van der Waals surface area (Å²) in [7, 11) is 0. The lowest BCUT2D eigenvalue weighted by Gasteiger charge is -2.23.